The second-order valence-corrected chi connectivity index (χ2v) is 5.72. The van der Waals surface area contributed by atoms with E-state index in [1.54, 1.807) is 6.92 Å². The number of nitrogens with one attached hydrogen (secondary N) is 1. The molecule has 0 spiro atoms. The monoisotopic (exact) mass is 298 g/mol. The summed E-state index contributed by atoms with van der Waals surface area (Å²) in [5, 5.41) is 3.60. The maximum absolute atomic E-state index is 12.1. The zero-order valence-corrected chi connectivity index (χ0v) is 11.8. The fourth-order valence-corrected chi connectivity index (χ4v) is 2.55. The van der Waals surface area contributed by atoms with Gasteiger partial charge in [-0.1, -0.05) is 5.16 Å². The number of benzene rings is 1. The lowest BCUT2D eigenvalue weighted by Gasteiger charge is -2.08. The first-order valence-electron chi connectivity index (χ1n) is 5.65. The van der Waals surface area contributed by atoms with Crippen LogP contribution in [0, 0.1) is 6.92 Å². The Morgan fingerprint density at radius 2 is 2.20 bits per heavy atom. The highest BCUT2D eigenvalue weighted by Crippen LogP contribution is 2.24. The van der Waals surface area contributed by atoms with Crippen molar-refractivity contribution >= 4 is 15.7 Å². The summed E-state index contributed by atoms with van der Waals surface area (Å²) in [6.07, 6.45) is 0. The number of hydrogen-bond acceptors (Lipinski definition) is 7. The van der Waals surface area contributed by atoms with E-state index in [1.165, 1.54) is 25.3 Å². The maximum Gasteiger partial charge on any atom is 0.241 e. The third kappa shape index (κ3) is 3.06. The van der Waals surface area contributed by atoms with Gasteiger partial charge >= 0.3 is 0 Å². The van der Waals surface area contributed by atoms with E-state index in [0.717, 1.165) is 0 Å². The lowest BCUT2D eigenvalue weighted by molar-refractivity contribution is 0.387. The Labute approximate surface area is 116 Å². The van der Waals surface area contributed by atoms with Crippen molar-refractivity contribution in [3.05, 3.63) is 29.9 Å². The average Bonchev–Trinajstić information content (AvgIpc) is 2.82. The molecule has 3 N–H and O–H groups in total. The van der Waals surface area contributed by atoms with Gasteiger partial charge in [-0.25, -0.2) is 13.1 Å². The molecule has 20 heavy (non-hydrogen) atoms. The van der Waals surface area contributed by atoms with Gasteiger partial charge in [0.2, 0.25) is 15.9 Å². The predicted molar refractivity (Wildman–Crippen MR) is 70.5 cm³/mol. The second kappa shape index (κ2) is 5.47. The third-order valence-corrected chi connectivity index (χ3v) is 3.90. The molecule has 0 aliphatic heterocycles. The van der Waals surface area contributed by atoms with Gasteiger partial charge in [0.05, 0.1) is 24.2 Å². The molecular weight excluding hydrogens is 284 g/mol. The molecule has 108 valence electrons. The molecule has 0 amide bonds. The van der Waals surface area contributed by atoms with E-state index in [1.807, 2.05) is 0 Å². The molecule has 8 nitrogen and oxygen atoms in total. The van der Waals surface area contributed by atoms with E-state index in [-0.39, 0.29) is 23.0 Å². The Hall–Kier alpha value is -2.13. The first-order valence-corrected chi connectivity index (χ1v) is 7.13. The van der Waals surface area contributed by atoms with Crippen LogP contribution in [-0.4, -0.2) is 25.7 Å². The second-order valence-electron chi connectivity index (χ2n) is 3.96. The number of aryl methyl sites for hydroxylation is 1. The van der Waals surface area contributed by atoms with Gasteiger partial charge in [0.25, 0.3) is 0 Å². The van der Waals surface area contributed by atoms with Crippen LogP contribution in [-0.2, 0) is 16.6 Å². The van der Waals surface area contributed by atoms with E-state index in [0.29, 0.717) is 11.6 Å². The van der Waals surface area contributed by atoms with Gasteiger partial charge < -0.3 is 15.0 Å². The van der Waals surface area contributed by atoms with Crippen molar-refractivity contribution in [1.82, 2.24) is 14.9 Å². The van der Waals surface area contributed by atoms with Crippen LogP contribution in [0.25, 0.3) is 0 Å². The number of nitrogens with two attached hydrogens (primary N) is 1. The molecule has 0 fully saturated rings. The first-order chi connectivity index (χ1) is 9.42. The minimum absolute atomic E-state index is 0.0380. The first kappa shape index (κ1) is 14.3. The molecule has 0 unspecified atom stereocenters. The molecule has 0 bridgehead atoms. The summed E-state index contributed by atoms with van der Waals surface area (Å²) >= 11 is 0. The number of ether oxygens (including phenoxy) is 1. The van der Waals surface area contributed by atoms with Crippen molar-refractivity contribution in [2.75, 3.05) is 12.8 Å². The number of anilines is 1. The van der Waals surface area contributed by atoms with Crippen LogP contribution in [0.3, 0.4) is 0 Å². The van der Waals surface area contributed by atoms with Crippen LogP contribution >= 0.6 is 0 Å². The normalized spacial score (nSPS) is 11.5. The van der Waals surface area contributed by atoms with Gasteiger partial charge in [-0.3, -0.25) is 0 Å². The third-order valence-electron chi connectivity index (χ3n) is 2.50. The van der Waals surface area contributed by atoms with Crippen molar-refractivity contribution in [2.45, 2.75) is 18.4 Å². The Balaban J connectivity index is 2.15. The SMILES string of the molecule is COc1ccc(S(=O)(=O)NCc2noc(C)n2)cc1N. The van der Waals surface area contributed by atoms with Gasteiger partial charge in [0.15, 0.2) is 5.82 Å². The molecule has 0 saturated carbocycles. The summed E-state index contributed by atoms with van der Waals surface area (Å²) in [5.41, 5.74) is 5.92. The molecule has 2 rings (SSSR count). The highest BCUT2D eigenvalue weighted by Gasteiger charge is 2.16. The number of methoxy groups -OCH3 is 1. The molecule has 0 atom stereocenters. The van der Waals surface area contributed by atoms with Crippen LogP contribution in [0.1, 0.15) is 11.7 Å². The van der Waals surface area contributed by atoms with Crippen molar-refractivity contribution in [1.29, 1.82) is 0 Å². The Morgan fingerprint density at radius 3 is 2.75 bits per heavy atom. The fourth-order valence-electron chi connectivity index (χ4n) is 1.54. The number of rotatable bonds is 5. The van der Waals surface area contributed by atoms with Crippen molar-refractivity contribution in [2.24, 2.45) is 0 Å². The summed E-state index contributed by atoms with van der Waals surface area (Å²) in [7, 11) is -2.25. The van der Waals surface area contributed by atoms with E-state index >= 15 is 0 Å². The van der Waals surface area contributed by atoms with Crippen LogP contribution in [0.15, 0.2) is 27.6 Å². The van der Waals surface area contributed by atoms with Gasteiger partial charge in [-0.05, 0) is 18.2 Å². The highest BCUT2D eigenvalue weighted by molar-refractivity contribution is 7.89. The largest absolute Gasteiger partial charge is 0.495 e. The molecule has 1 aromatic heterocycles. The number of sulfonamides is 1. The molecule has 0 aliphatic rings. The molecule has 9 heteroatoms. The summed E-state index contributed by atoms with van der Waals surface area (Å²) in [6.45, 7) is 1.56. The lowest BCUT2D eigenvalue weighted by atomic mass is 10.3. The molecule has 1 heterocycles. The van der Waals surface area contributed by atoms with Gasteiger partial charge in [0.1, 0.15) is 5.75 Å². The minimum atomic E-state index is -3.70. The molecule has 1 aromatic carbocycles. The van der Waals surface area contributed by atoms with Crippen LogP contribution in [0.2, 0.25) is 0 Å². The minimum Gasteiger partial charge on any atom is -0.495 e. The Morgan fingerprint density at radius 1 is 1.45 bits per heavy atom. The van der Waals surface area contributed by atoms with E-state index in [9.17, 15) is 8.42 Å². The molecule has 0 radical (unpaired) electrons. The predicted octanol–water partition coefficient (Wildman–Crippen LogP) is 0.447. The number of nitrogens with zero attached hydrogens (tertiary/aromatic N) is 2. The van der Waals surface area contributed by atoms with E-state index < -0.39 is 10.0 Å². The Bertz CT molecular complexity index is 711. The van der Waals surface area contributed by atoms with Crippen LogP contribution < -0.4 is 15.2 Å². The maximum atomic E-state index is 12.1. The van der Waals surface area contributed by atoms with Crippen molar-refractivity contribution in [3.8, 4) is 5.75 Å². The van der Waals surface area contributed by atoms with Crippen LogP contribution in [0.4, 0.5) is 5.69 Å². The molecule has 2 aromatic rings. The highest BCUT2D eigenvalue weighted by atomic mass is 32.2. The molecule has 0 aliphatic carbocycles. The number of nitrogen functional groups attached to an aromatic ring is 1. The average molecular weight is 298 g/mol. The molecular formula is C11H14N4O4S. The smallest absolute Gasteiger partial charge is 0.241 e. The lowest BCUT2D eigenvalue weighted by Crippen LogP contribution is -2.24. The summed E-state index contributed by atoms with van der Waals surface area (Å²) in [5.74, 6) is 1.04. The van der Waals surface area contributed by atoms with Gasteiger partial charge in [0, 0.05) is 6.92 Å². The molecule has 0 saturated heterocycles. The topological polar surface area (TPSA) is 120 Å². The van der Waals surface area contributed by atoms with E-state index in [2.05, 4.69) is 14.9 Å². The zero-order valence-electron chi connectivity index (χ0n) is 11.0. The quantitative estimate of drug-likeness (QED) is 0.768. The van der Waals surface area contributed by atoms with Crippen molar-refractivity contribution in [3.63, 3.8) is 0 Å². The van der Waals surface area contributed by atoms with E-state index in [4.69, 9.17) is 15.0 Å². The van der Waals surface area contributed by atoms with Gasteiger partial charge in [-0.15, -0.1) is 0 Å². The fraction of sp³-hybridized carbons (Fsp3) is 0.273. The summed E-state index contributed by atoms with van der Waals surface area (Å²) < 4.78 is 36.2. The summed E-state index contributed by atoms with van der Waals surface area (Å²) in [4.78, 5) is 3.94. The van der Waals surface area contributed by atoms with Crippen LogP contribution in [0.5, 0.6) is 5.75 Å². The Kier molecular flexibility index (Phi) is 3.91. The van der Waals surface area contributed by atoms with Gasteiger partial charge in [-0.2, -0.15) is 4.98 Å². The number of hydrogen-bond donors (Lipinski definition) is 2. The zero-order chi connectivity index (χ0) is 14.8. The number of aromatic nitrogens is 2. The standard InChI is InChI=1S/C11H14N4O4S/c1-7-14-11(15-19-7)6-13-20(16,17)8-3-4-10(18-2)9(12)5-8/h3-5,13H,6,12H2,1-2H3. The summed E-state index contributed by atoms with van der Waals surface area (Å²) in [6, 6.07) is 4.21. The van der Waals surface area contributed by atoms with Crippen molar-refractivity contribution < 1.29 is 17.7 Å².